The van der Waals surface area contributed by atoms with Crippen molar-refractivity contribution in [2.24, 2.45) is 4.99 Å². The first-order chi connectivity index (χ1) is 12.4. The van der Waals surface area contributed by atoms with Gasteiger partial charge in [0.05, 0.1) is 24.9 Å². The van der Waals surface area contributed by atoms with Gasteiger partial charge in [-0.2, -0.15) is 0 Å². The number of nitrogens with one attached hydrogen (secondary N) is 2. The molecule has 146 valence electrons. The number of hydrogen-bond donors (Lipinski definition) is 2. The Morgan fingerprint density at radius 2 is 2.27 bits per heavy atom. The van der Waals surface area contributed by atoms with Crippen molar-refractivity contribution in [1.82, 2.24) is 15.6 Å². The standard InChI is InChI=1S/C19H33N5O2/c1-6-20-18(23-14-19(3,4)25-5)22-12-16-7-8-21-17(11-16)24-9-10-26-15(2)13-24/h7-8,11,15H,6,9-10,12-14H2,1-5H3,(H2,20,22,23). The van der Waals surface area contributed by atoms with Gasteiger partial charge in [0.15, 0.2) is 5.96 Å². The summed E-state index contributed by atoms with van der Waals surface area (Å²) in [5.41, 5.74) is 0.893. The van der Waals surface area contributed by atoms with Gasteiger partial charge in [0.2, 0.25) is 0 Å². The summed E-state index contributed by atoms with van der Waals surface area (Å²) in [5.74, 6) is 1.78. The Balaban J connectivity index is 2.00. The molecule has 1 aliphatic heterocycles. The van der Waals surface area contributed by atoms with Crippen LogP contribution in [0.3, 0.4) is 0 Å². The minimum absolute atomic E-state index is 0.237. The monoisotopic (exact) mass is 363 g/mol. The lowest BCUT2D eigenvalue weighted by Crippen LogP contribution is -2.45. The Bertz CT molecular complexity index is 591. The number of anilines is 1. The molecule has 2 N–H and O–H groups in total. The van der Waals surface area contributed by atoms with Crippen molar-refractivity contribution in [2.75, 3.05) is 44.8 Å². The zero-order valence-electron chi connectivity index (χ0n) is 16.7. The van der Waals surface area contributed by atoms with E-state index in [2.05, 4.69) is 40.4 Å². The number of aromatic nitrogens is 1. The van der Waals surface area contributed by atoms with E-state index in [0.717, 1.165) is 43.6 Å². The fourth-order valence-corrected chi connectivity index (χ4v) is 2.64. The first-order valence-corrected chi connectivity index (χ1v) is 9.32. The minimum atomic E-state index is -0.243. The second kappa shape index (κ2) is 9.73. The molecular weight excluding hydrogens is 330 g/mol. The van der Waals surface area contributed by atoms with E-state index in [-0.39, 0.29) is 11.7 Å². The number of morpholine rings is 1. The first-order valence-electron chi connectivity index (χ1n) is 9.32. The van der Waals surface area contributed by atoms with Crippen LogP contribution in [0, 0.1) is 0 Å². The third-order valence-corrected chi connectivity index (χ3v) is 4.37. The van der Waals surface area contributed by atoms with E-state index in [4.69, 9.17) is 14.5 Å². The lowest BCUT2D eigenvalue weighted by Gasteiger charge is -2.32. The predicted molar refractivity (Wildman–Crippen MR) is 106 cm³/mol. The van der Waals surface area contributed by atoms with Crippen LogP contribution in [0.4, 0.5) is 5.82 Å². The maximum absolute atomic E-state index is 5.61. The summed E-state index contributed by atoms with van der Waals surface area (Å²) in [5, 5.41) is 6.61. The van der Waals surface area contributed by atoms with E-state index in [1.54, 1.807) is 7.11 Å². The van der Waals surface area contributed by atoms with Crippen molar-refractivity contribution in [3.05, 3.63) is 23.9 Å². The topological polar surface area (TPSA) is 71.0 Å². The minimum Gasteiger partial charge on any atom is -0.377 e. The van der Waals surface area contributed by atoms with Crippen LogP contribution in [0.15, 0.2) is 23.3 Å². The second-order valence-corrected chi connectivity index (χ2v) is 7.16. The fraction of sp³-hybridized carbons (Fsp3) is 0.684. The van der Waals surface area contributed by atoms with Crippen LogP contribution in [0.25, 0.3) is 0 Å². The van der Waals surface area contributed by atoms with Crippen molar-refractivity contribution in [3.8, 4) is 0 Å². The van der Waals surface area contributed by atoms with Crippen LogP contribution in [-0.2, 0) is 16.0 Å². The van der Waals surface area contributed by atoms with Crippen LogP contribution in [0.2, 0.25) is 0 Å². The zero-order chi connectivity index (χ0) is 19.0. The molecule has 1 aliphatic rings. The van der Waals surface area contributed by atoms with Crippen molar-refractivity contribution >= 4 is 11.8 Å². The van der Waals surface area contributed by atoms with Crippen LogP contribution in [0.5, 0.6) is 0 Å². The molecule has 0 radical (unpaired) electrons. The van der Waals surface area contributed by atoms with Crippen molar-refractivity contribution in [1.29, 1.82) is 0 Å². The Hall–Kier alpha value is -1.86. The highest BCUT2D eigenvalue weighted by atomic mass is 16.5. The summed E-state index contributed by atoms with van der Waals surface area (Å²) in [4.78, 5) is 11.5. The van der Waals surface area contributed by atoms with Gasteiger partial charge in [0, 0.05) is 39.5 Å². The highest BCUT2D eigenvalue weighted by Gasteiger charge is 2.18. The lowest BCUT2D eigenvalue weighted by atomic mass is 10.1. The molecule has 1 unspecified atom stereocenters. The van der Waals surface area contributed by atoms with E-state index in [1.165, 1.54) is 0 Å². The molecular formula is C19H33N5O2. The van der Waals surface area contributed by atoms with E-state index < -0.39 is 0 Å². The summed E-state index contributed by atoms with van der Waals surface area (Å²) in [6.45, 7) is 12.8. The van der Waals surface area contributed by atoms with E-state index >= 15 is 0 Å². The van der Waals surface area contributed by atoms with Gasteiger partial charge in [0.1, 0.15) is 5.82 Å². The van der Waals surface area contributed by atoms with Gasteiger partial charge in [0.25, 0.3) is 0 Å². The number of rotatable bonds is 7. The molecule has 0 spiro atoms. The Kier molecular flexibility index (Phi) is 7.66. The molecule has 7 nitrogen and oxygen atoms in total. The van der Waals surface area contributed by atoms with Crippen LogP contribution < -0.4 is 15.5 Å². The fourth-order valence-electron chi connectivity index (χ4n) is 2.64. The number of aliphatic imine (C=N–C) groups is 1. The quantitative estimate of drug-likeness (QED) is 0.568. The smallest absolute Gasteiger partial charge is 0.191 e. The summed E-state index contributed by atoms with van der Waals surface area (Å²) < 4.78 is 11.1. The van der Waals surface area contributed by atoms with Gasteiger partial charge in [-0.3, -0.25) is 0 Å². The van der Waals surface area contributed by atoms with Gasteiger partial charge in [-0.15, -0.1) is 0 Å². The highest BCUT2D eigenvalue weighted by molar-refractivity contribution is 5.79. The SMILES string of the molecule is CCNC(=NCc1ccnc(N2CCOC(C)C2)c1)NCC(C)(C)OC. The molecule has 0 bridgehead atoms. The van der Waals surface area contributed by atoms with Crippen LogP contribution in [-0.4, -0.2) is 62.5 Å². The number of ether oxygens (including phenoxy) is 2. The molecule has 0 aromatic carbocycles. The molecule has 1 aromatic heterocycles. The second-order valence-electron chi connectivity index (χ2n) is 7.16. The van der Waals surface area contributed by atoms with Crippen LogP contribution in [0.1, 0.15) is 33.3 Å². The summed E-state index contributed by atoms with van der Waals surface area (Å²) in [7, 11) is 1.72. The third kappa shape index (κ3) is 6.46. The number of nitrogens with zero attached hydrogens (tertiary/aromatic N) is 3. The number of pyridine rings is 1. The molecule has 1 fully saturated rings. The van der Waals surface area contributed by atoms with Gasteiger partial charge < -0.3 is 25.0 Å². The van der Waals surface area contributed by atoms with E-state index in [0.29, 0.717) is 13.1 Å². The predicted octanol–water partition coefficient (Wildman–Crippen LogP) is 1.79. The molecule has 2 heterocycles. The molecule has 1 aromatic rings. The molecule has 0 aliphatic carbocycles. The molecule has 7 heteroatoms. The summed E-state index contributed by atoms with van der Waals surface area (Å²) >= 11 is 0. The van der Waals surface area contributed by atoms with E-state index in [9.17, 15) is 0 Å². The molecule has 1 atom stereocenters. The Labute approximate surface area is 157 Å². The summed E-state index contributed by atoms with van der Waals surface area (Å²) in [6.07, 6.45) is 2.09. The average Bonchev–Trinajstić information content (AvgIpc) is 2.64. The van der Waals surface area contributed by atoms with Crippen molar-refractivity contribution < 1.29 is 9.47 Å². The molecule has 1 saturated heterocycles. The molecule has 2 rings (SSSR count). The van der Waals surface area contributed by atoms with Gasteiger partial charge in [-0.1, -0.05) is 0 Å². The number of guanidine groups is 1. The zero-order valence-corrected chi connectivity index (χ0v) is 16.7. The molecule has 26 heavy (non-hydrogen) atoms. The van der Waals surface area contributed by atoms with Crippen molar-refractivity contribution in [2.45, 2.75) is 45.9 Å². The van der Waals surface area contributed by atoms with Gasteiger partial charge in [-0.05, 0) is 45.4 Å². The largest absolute Gasteiger partial charge is 0.377 e. The lowest BCUT2D eigenvalue weighted by molar-refractivity contribution is 0.0268. The van der Waals surface area contributed by atoms with Gasteiger partial charge in [-0.25, -0.2) is 9.98 Å². The number of hydrogen-bond acceptors (Lipinski definition) is 5. The average molecular weight is 364 g/mol. The maximum atomic E-state index is 5.61. The van der Waals surface area contributed by atoms with E-state index in [1.807, 2.05) is 26.1 Å². The van der Waals surface area contributed by atoms with Crippen LogP contribution >= 0.6 is 0 Å². The van der Waals surface area contributed by atoms with Crippen molar-refractivity contribution in [3.63, 3.8) is 0 Å². The third-order valence-electron chi connectivity index (χ3n) is 4.37. The first kappa shape index (κ1) is 20.5. The highest BCUT2D eigenvalue weighted by Crippen LogP contribution is 2.17. The normalized spacial score (nSPS) is 18.7. The van der Waals surface area contributed by atoms with Gasteiger partial charge >= 0.3 is 0 Å². The number of methoxy groups -OCH3 is 1. The molecule has 0 saturated carbocycles. The Morgan fingerprint density at radius 3 is 2.96 bits per heavy atom. The molecule has 0 amide bonds. The summed E-state index contributed by atoms with van der Waals surface area (Å²) in [6, 6.07) is 4.13. The maximum Gasteiger partial charge on any atom is 0.191 e. The Morgan fingerprint density at radius 1 is 1.46 bits per heavy atom.